The normalized spacial score (nSPS) is 19.0. The van der Waals surface area contributed by atoms with Crippen LogP contribution in [0.3, 0.4) is 0 Å². The van der Waals surface area contributed by atoms with E-state index in [-0.39, 0.29) is 5.91 Å². The molecule has 80 valence electrons. The Labute approximate surface area is 95.0 Å². The number of hydrogen-bond donors (Lipinski definition) is 1. The van der Waals surface area contributed by atoms with Crippen molar-refractivity contribution in [2.24, 2.45) is 10.9 Å². The first-order valence-corrected chi connectivity index (χ1v) is 5.34. The smallest absolute Gasteiger partial charge is 0.216 e. The van der Waals surface area contributed by atoms with Crippen LogP contribution in [0.15, 0.2) is 28.9 Å². The van der Waals surface area contributed by atoms with Gasteiger partial charge in [-0.1, -0.05) is 12.2 Å². The molecule has 0 bridgehead atoms. The minimum Gasteiger partial charge on any atom is -0.356 e. The van der Waals surface area contributed by atoms with Crippen LogP contribution in [0.2, 0.25) is 0 Å². The van der Waals surface area contributed by atoms with Crippen molar-refractivity contribution in [1.82, 2.24) is 5.32 Å². The highest BCUT2D eigenvalue weighted by atomic mass is 32.1. The van der Waals surface area contributed by atoms with Gasteiger partial charge in [-0.25, -0.2) is 0 Å². The first-order chi connectivity index (χ1) is 7.22. The van der Waals surface area contributed by atoms with Crippen LogP contribution in [0.5, 0.6) is 0 Å². The third kappa shape index (κ3) is 4.68. The molecule has 0 spiro atoms. The van der Waals surface area contributed by atoms with Crippen LogP contribution < -0.4 is 5.32 Å². The summed E-state index contributed by atoms with van der Waals surface area (Å²) in [7, 11) is 0. The van der Waals surface area contributed by atoms with Crippen molar-refractivity contribution in [3.05, 3.63) is 23.9 Å². The van der Waals surface area contributed by atoms with Crippen LogP contribution in [-0.4, -0.2) is 17.6 Å². The summed E-state index contributed by atoms with van der Waals surface area (Å²) in [6, 6.07) is 0. The van der Waals surface area contributed by atoms with E-state index in [1.165, 1.54) is 6.92 Å². The van der Waals surface area contributed by atoms with Gasteiger partial charge in [-0.05, 0) is 37.1 Å². The molecule has 1 N–H and O–H groups in total. The minimum absolute atomic E-state index is 0.0244. The highest BCUT2D eigenvalue weighted by molar-refractivity contribution is 7.78. The Morgan fingerprint density at radius 1 is 1.80 bits per heavy atom. The summed E-state index contributed by atoms with van der Waals surface area (Å²) in [6.07, 6.45) is 8.00. The maximum atomic E-state index is 10.6. The highest BCUT2D eigenvalue weighted by Crippen LogP contribution is 2.19. The summed E-state index contributed by atoms with van der Waals surface area (Å²) in [5.74, 6) is 0.511. The van der Waals surface area contributed by atoms with Crippen molar-refractivity contribution < 1.29 is 4.79 Å². The minimum atomic E-state index is 0.0244. The van der Waals surface area contributed by atoms with Gasteiger partial charge in [0.05, 0.1) is 10.9 Å². The van der Waals surface area contributed by atoms with E-state index in [2.05, 4.69) is 33.8 Å². The number of nitrogens with one attached hydrogen (secondary N) is 1. The van der Waals surface area contributed by atoms with E-state index in [1.54, 1.807) is 0 Å². The average molecular weight is 222 g/mol. The third-order valence-corrected chi connectivity index (χ3v) is 2.32. The lowest BCUT2D eigenvalue weighted by Gasteiger charge is -2.13. The second-order valence-electron chi connectivity index (χ2n) is 3.46. The number of isothiocyanates is 1. The van der Waals surface area contributed by atoms with Gasteiger partial charge in [0.15, 0.2) is 0 Å². The topological polar surface area (TPSA) is 41.5 Å². The molecule has 1 aliphatic carbocycles. The number of aliphatic imine (C=N–C) groups is 1. The standard InChI is InChI=1S/C11H14N2OS/c1-9(14)12-7-6-10-2-4-11(5-3-10)13-8-15/h2,4-5,10H,3,6-7H2,1H3,(H,12,14). The number of nitrogens with zero attached hydrogens (tertiary/aromatic N) is 1. The number of amides is 1. The van der Waals surface area contributed by atoms with E-state index < -0.39 is 0 Å². The Bertz CT molecular complexity index is 340. The number of thiocarbonyl (C=S) groups is 1. The van der Waals surface area contributed by atoms with Gasteiger partial charge in [-0.3, -0.25) is 4.79 Å². The number of hydrogen-bond acceptors (Lipinski definition) is 3. The second-order valence-corrected chi connectivity index (χ2v) is 3.64. The fraction of sp³-hybridized carbons (Fsp3) is 0.455. The van der Waals surface area contributed by atoms with Crippen LogP contribution in [0.4, 0.5) is 0 Å². The summed E-state index contributed by atoms with van der Waals surface area (Å²) in [6.45, 7) is 2.26. The van der Waals surface area contributed by atoms with E-state index >= 15 is 0 Å². The molecule has 0 aromatic heterocycles. The molecule has 0 radical (unpaired) electrons. The van der Waals surface area contributed by atoms with Gasteiger partial charge in [0.2, 0.25) is 5.91 Å². The first kappa shape index (κ1) is 11.8. The number of carbonyl (C=O) groups is 1. The SMILES string of the molecule is CC(=O)NCCC1C=CC(N=C=S)=CC1. The van der Waals surface area contributed by atoms with Gasteiger partial charge in [0.1, 0.15) is 0 Å². The molecule has 1 unspecified atom stereocenters. The average Bonchev–Trinajstić information content (AvgIpc) is 2.20. The Hall–Kier alpha value is -1.25. The summed E-state index contributed by atoms with van der Waals surface area (Å²) in [5, 5.41) is 5.13. The molecule has 0 heterocycles. The zero-order valence-corrected chi connectivity index (χ0v) is 9.51. The van der Waals surface area contributed by atoms with Crippen LogP contribution in [0, 0.1) is 5.92 Å². The van der Waals surface area contributed by atoms with Crippen molar-refractivity contribution in [2.45, 2.75) is 19.8 Å². The maximum Gasteiger partial charge on any atom is 0.216 e. The van der Waals surface area contributed by atoms with Gasteiger partial charge < -0.3 is 5.32 Å². The van der Waals surface area contributed by atoms with Crippen LogP contribution in [0.1, 0.15) is 19.8 Å². The largest absolute Gasteiger partial charge is 0.356 e. The monoisotopic (exact) mass is 222 g/mol. The van der Waals surface area contributed by atoms with Gasteiger partial charge in [0, 0.05) is 13.5 Å². The first-order valence-electron chi connectivity index (χ1n) is 4.93. The Morgan fingerprint density at radius 2 is 2.60 bits per heavy atom. The fourth-order valence-corrected chi connectivity index (χ4v) is 1.54. The molecule has 1 atom stereocenters. The second kappa shape index (κ2) is 6.27. The molecule has 1 amide bonds. The Kier molecular flexibility index (Phi) is 4.95. The van der Waals surface area contributed by atoms with Crippen LogP contribution in [-0.2, 0) is 4.79 Å². The molecule has 0 aromatic rings. The molecule has 0 aromatic carbocycles. The van der Waals surface area contributed by atoms with Crippen molar-refractivity contribution in [1.29, 1.82) is 0 Å². The zero-order chi connectivity index (χ0) is 11.1. The van der Waals surface area contributed by atoms with E-state index in [4.69, 9.17) is 0 Å². The number of carbonyl (C=O) groups excluding carboxylic acids is 1. The molecular formula is C11H14N2OS. The molecule has 1 rings (SSSR count). The summed E-state index contributed by atoms with van der Waals surface area (Å²) < 4.78 is 0. The Morgan fingerprint density at radius 3 is 3.13 bits per heavy atom. The van der Waals surface area contributed by atoms with E-state index in [0.717, 1.165) is 25.1 Å². The van der Waals surface area contributed by atoms with Gasteiger partial charge >= 0.3 is 0 Å². The number of allylic oxidation sites excluding steroid dienone is 3. The van der Waals surface area contributed by atoms with Crippen molar-refractivity contribution >= 4 is 23.3 Å². The fourth-order valence-electron chi connectivity index (χ4n) is 1.44. The van der Waals surface area contributed by atoms with E-state index in [1.807, 2.05) is 12.2 Å². The van der Waals surface area contributed by atoms with Gasteiger partial charge in [0.25, 0.3) is 0 Å². The van der Waals surface area contributed by atoms with Crippen LogP contribution >= 0.6 is 12.2 Å². The molecule has 0 aliphatic heterocycles. The zero-order valence-electron chi connectivity index (χ0n) is 8.69. The molecular weight excluding hydrogens is 208 g/mol. The molecule has 3 nitrogen and oxygen atoms in total. The number of rotatable bonds is 4. The lowest BCUT2D eigenvalue weighted by molar-refractivity contribution is -0.118. The highest BCUT2D eigenvalue weighted by Gasteiger charge is 2.07. The molecule has 0 saturated carbocycles. The summed E-state index contributed by atoms with van der Waals surface area (Å²) >= 11 is 4.52. The van der Waals surface area contributed by atoms with Crippen molar-refractivity contribution in [3.8, 4) is 0 Å². The van der Waals surface area contributed by atoms with Gasteiger partial charge in [-0.2, -0.15) is 4.99 Å². The third-order valence-electron chi connectivity index (χ3n) is 2.23. The lowest BCUT2D eigenvalue weighted by Crippen LogP contribution is -2.22. The maximum absolute atomic E-state index is 10.6. The molecule has 15 heavy (non-hydrogen) atoms. The quantitative estimate of drug-likeness (QED) is 0.584. The summed E-state index contributed by atoms with van der Waals surface area (Å²) in [5.41, 5.74) is 0.876. The summed E-state index contributed by atoms with van der Waals surface area (Å²) in [4.78, 5) is 14.5. The predicted molar refractivity (Wildman–Crippen MR) is 63.7 cm³/mol. The van der Waals surface area contributed by atoms with E-state index in [0.29, 0.717) is 5.92 Å². The molecule has 0 saturated heterocycles. The van der Waals surface area contributed by atoms with E-state index in [9.17, 15) is 4.79 Å². The molecule has 0 fully saturated rings. The van der Waals surface area contributed by atoms with Crippen molar-refractivity contribution in [2.75, 3.05) is 6.54 Å². The lowest BCUT2D eigenvalue weighted by atomic mass is 9.96. The Balaban J connectivity index is 2.29. The molecule has 1 aliphatic rings. The predicted octanol–water partition coefficient (Wildman–Crippen LogP) is 2.08. The van der Waals surface area contributed by atoms with Crippen molar-refractivity contribution in [3.63, 3.8) is 0 Å². The van der Waals surface area contributed by atoms with Crippen LogP contribution in [0.25, 0.3) is 0 Å². The molecule has 4 heteroatoms. The van der Waals surface area contributed by atoms with Gasteiger partial charge in [-0.15, -0.1) is 0 Å².